The molecule has 1 aromatic heterocycles. The number of likely N-dealkylation sites (tertiary alicyclic amines) is 1. The normalized spacial score (nSPS) is 19.1. The fourth-order valence-corrected chi connectivity index (χ4v) is 3.49. The van der Waals surface area contributed by atoms with Crippen molar-refractivity contribution in [3.05, 3.63) is 64.1 Å². The van der Waals surface area contributed by atoms with E-state index in [1.165, 1.54) is 4.90 Å². The van der Waals surface area contributed by atoms with Gasteiger partial charge in [-0.3, -0.25) is 9.59 Å². The third-order valence-electron chi connectivity index (χ3n) is 5.07. The van der Waals surface area contributed by atoms with Gasteiger partial charge in [0.1, 0.15) is 23.3 Å². The highest BCUT2D eigenvalue weighted by molar-refractivity contribution is 6.46. The van der Waals surface area contributed by atoms with Gasteiger partial charge < -0.3 is 19.3 Å². The average molecular weight is 383 g/mol. The molecule has 0 radical (unpaired) electrons. The molecule has 2 aromatic rings. The number of aliphatic hydroxyl groups excluding tert-OH is 1. The molecule has 6 heteroatoms. The number of quaternary nitrogens is 1. The summed E-state index contributed by atoms with van der Waals surface area (Å²) in [6.07, 6.45) is 0. The van der Waals surface area contributed by atoms with Crippen LogP contribution in [0.15, 0.2) is 40.3 Å². The second kappa shape index (κ2) is 7.64. The Morgan fingerprint density at radius 3 is 2.46 bits per heavy atom. The van der Waals surface area contributed by atoms with E-state index in [0.717, 1.165) is 16.0 Å². The number of aryl methyl sites for hydroxylation is 3. The maximum Gasteiger partial charge on any atom is 0.295 e. The van der Waals surface area contributed by atoms with Crippen molar-refractivity contribution in [2.45, 2.75) is 26.8 Å². The molecule has 1 atom stereocenters. The second-order valence-corrected chi connectivity index (χ2v) is 7.72. The number of likely N-dealkylation sites (N-methyl/N-ethyl adjacent to an activating group) is 1. The van der Waals surface area contributed by atoms with Crippen LogP contribution in [0.2, 0.25) is 0 Å². The van der Waals surface area contributed by atoms with Crippen LogP contribution in [0, 0.1) is 20.8 Å². The molecule has 6 nitrogen and oxygen atoms in total. The van der Waals surface area contributed by atoms with Crippen molar-refractivity contribution >= 4 is 17.4 Å². The van der Waals surface area contributed by atoms with Gasteiger partial charge in [-0.2, -0.15) is 0 Å². The molecule has 1 aliphatic rings. The number of ketones is 1. The zero-order valence-electron chi connectivity index (χ0n) is 17.0. The van der Waals surface area contributed by atoms with Crippen LogP contribution < -0.4 is 4.90 Å². The number of carbonyl (C=O) groups is 2. The molecular weight excluding hydrogens is 356 g/mol. The lowest BCUT2D eigenvalue weighted by Gasteiger charge is -2.23. The van der Waals surface area contributed by atoms with E-state index >= 15 is 0 Å². The monoisotopic (exact) mass is 383 g/mol. The van der Waals surface area contributed by atoms with Gasteiger partial charge >= 0.3 is 0 Å². The van der Waals surface area contributed by atoms with Gasteiger partial charge in [-0.15, -0.1) is 0 Å². The molecule has 1 aliphatic heterocycles. The predicted octanol–water partition coefficient (Wildman–Crippen LogP) is 1.77. The van der Waals surface area contributed by atoms with E-state index < -0.39 is 17.7 Å². The highest BCUT2D eigenvalue weighted by atomic mass is 16.3. The smallest absolute Gasteiger partial charge is 0.295 e. The minimum absolute atomic E-state index is 0.0850. The molecule has 0 saturated carbocycles. The highest BCUT2D eigenvalue weighted by Gasteiger charge is 2.47. The van der Waals surface area contributed by atoms with E-state index in [9.17, 15) is 14.7 Å². The predicted molar refractivity (Wildman–Crippen MR) is 106 cm³/mol. The zero-order chi connectivity index (χ0) is 20.6. The summed E-state index contributed by atoms with van der Waals surface area (Å²) in [5.41, 5.74) is 2.44. The van der Waals surface area contributed by atoms with E-state index in [1.54, 1.807) is 12.1 Å². The van der Waals surface area contributed by atoms with Crippen molar-refractivity contribution in [3.8, 4) is 0 Å². The van der Waals surface area contributed by atoms with Crippen LogP contribution in [-0.2, 0) is 9.59 Å². The molecule has 0 spiro atoms. The van der Waals surface area contributed by atoms with Gasteiger partial charge in [0.25, 0.3) is 11.7 Å². The number of rotatable bonds is 5. The summed E-state index contributed by atoms with van der Waals surface area (Å²) in [6.45, 7) is 6.66. The van der Waals surface area contributed by atoms with E-state index in [2.05, 4.69) is 0 Å². The molecule has 28 heavy (non-hydrogen) atoms. The van der Waals surface area contributed by atoms with E-state index in [1.807, 2.05) is 53.1 Å². The molecule has 2 heterocycles. The first-order valence-corrected chi connectivity index (χ1v) is 9.42. The van der Waals surface area contributed by atoms with Crippen molar-refractivity contribution in [2.24, 2.45) is 0 Å². The fourth-order valence-electron chi connectivity index (χ4n) is 3.49. The number of aliphatic hydroxyl groups is 1. The first-order valence-electron chi connectivity index (χ1n) is 9.42. The zero-order valence-corrected chi connectivity index (χ0v) is 17.0. The minimum atomic E-state index is -0.729. The van der Waals surface area contributed by atoms with Gasteiger partial charge in [-0.1, -0.05) is 17.7 Å². The molecule has 0 unspecified atom stereocenters. The summed E-state index contributed by atoms with van der Waals surface area (Å²) in [4.78, 5) is 28.4. The van der Waals surface area contributed by atoms with Crippen molar-refractivity contribution in [1.82, 2.24) is 4.90 Å². The summed E-state index contributed by atoms with van der Waals surface area (Å²) in [5, 5.41) is 11.1. The maximum absolute atomic E-state index is 12.9. The van der Waals surface area contributed by atoms with Crippen LogP contribution >= 0.6 is 0 Å². The quantitative estimate of drug-likeness (QED) is 0.469. The van der Waals surface area contributed by atoms with Crippen molar-refractivity contribution in [3.63, 3.8) is 0 Å². The van der Waals surface area contributed by atoms with Crippen LogP contribution in [0.25, 0.3) is 5.76 Å². The molecule has 1 saturated heterocycles. The lowest BCUT2D eigenvalue weighted by molar-refractivity contribution is -0.857. The van der Waals surface area contributed by atoms with Crippen molar-refractivity contribution in [2.75, 3.05) is 27.2 Å². The lowest BCUT2D eigenvalue weighted by Crippen LogP contribution is -3.06. The van der Waals surface area contributed by atoms with Crippen LogP contribution in [0.4, 0.5) is 0 Å². The van der Waals surface area contributed by atoms with Crippen molar-refractivity contribution < 1.29 is 24.0 Å². The van der Waals surface area contributed by atoms with Gasteiger partial charge in [-0.05, 0) is 44.5 Å². The number of carbonyl (C=O) groups excluding carboxylic acids is 2. The Kier molecular flexibility index (Phi) is 5.42. The summed E-state index contributed by atoms with van der Waals surface area (Å²) >= 11 is 0. The van der Waals surface area contributed by atoms with E-state index in [-0.39, 0.29) is 11.3 Å². The van der Waals surface area contributed by atoms with Crippen LogP contribution in [0.1, 0.15) is 34.3 Å². The molecule has 1 fully saturated rings. The summed E-state index contributed by atoms with van der Waals surface area (Å²) in [7, 11) is 3.97. The Balaban J connectivity index is 2.17. The molecule has 1 amide bonds. The fraction of sp³-hybridized carbons (Fsp3) is 0.364. The SMILES string of the molecule is Cc1ccc(C)c(C(O)=C2C(=O)C(=O)N(CC[NH+](C)C)[C@@H]2c2ccc(C)o2)c1. The summed E-state index contributed by atoms with van der Waals surface area (Å²) in [6, 6.07) is 8.49. The Morgan fingerprint density at radius 1 is 1.14 bits per heavy atom. The Bertz CT molecular complexity index is 955. The standard InChI is InChI=1S/C22H26N2O4/c1-13-6-7-14(2)16(12-13)20(25)18-19(17-9-8-15(3)28-17)24(11-10-23(4)5)22(27)21(18)26/h6-9,12,19,25H,10-11H2,1-5H3/p+1/t19-/m1/s1. The maximum atomic E-state index is 12.9. The first kappa shape index (κ1) is 19.9. The number of hydrogen-bond acceptors (Lipinski definition) is 4. The number of amides is 1. The Morgan fingerprint density at radius 2 is 1.86 bits per heavy atom. The number of furan rings is 1. The molecular formula is C22H27N2O4+. The van der Waals surface area contributed by atoms with Crippen LogP contribution in [0.3, 0.4) is 0 Å². The molecule has 148 valence electrons. The molecule has 0 aliphatic carbocycles. The topological polar surface area (TPSA) is 75.2 Å². The molecule has 3 rings (SSSR count). The van der Waals surface area contributed by atoms with E-state index in [0.29, 0.717) is 30.2 Å². The van der Waals surface area contributed by atoms with Gasteiger partial charge in [0.15, 0.2) is 0 Å². The van der Waals surface area contributed by atoms with Gasteiger partial charge in [-0.25, -0.2) is 0 Å². The third kappa shape index (κ3) is 3.60. The van der Waals surface area contributed by atoms with Gasteiger partial charge in [0.2, 0.25) is 0 Å². The second-order valence-electron chi connectivity index (χ2n) is 7.72. The number of benzene rings is 1. The van der Waals surface area contributed by atoms with Gasteiger partial charge in [0, 0.05) is 5.56 Å². The molecule has 1 aromatic carbocycles. The van der Waals surface area contributed by atoms with Crippen LogP contribution in [-0.4, -0.2) is 48.9 Å². The third-order valence-corrected chi connectivity index (χ3v) is 5.07. The molecule has 2 N–H and O–H groups in total. The Labute approximate surface area is 165 Å². The number of Topliss-reactive ketones (excluding diaryl/α,β-unsaturated/α-hetero) is 1. The Hall–Kier alpha value is -2.86. The number of nitrogens with one attached hydrogen (secondary N) is 1. The van der Waals surface area contributed by atoms with Gasteiger partial charge in [0.05, 0.1) is 32.8 Å². The van der Waals surface area contributed by atoms with E-state index in [4.69, 9.17) is 4.42 Å². The average Bonchev–Trinajstić information content (AvgIpc) is 3.16. The summed E-state index contributed by atoms with van der Waals surface area (Å²) in [5.74, 6) is -0.264. The number of nitrogens with zero attached hydrogens (tertiary/aromatic N) is 1. The number of hydrogen-bond donors (Lipinski definition) is 2. The largest absolute Gasteiger partial charge is 0.507 e. The summed E-state index contributed by atoms with van der Waals surface area (Å²) < 4.78 is 5.77. The lowest BCUT2D eigenvalue weighted by atomic mass is 9.96. The highest BCUT2D eigenvalue weighted by Crippen LogP contribution is 2.40. The van der Waals surface area contributed by atoms with Crippen molar-refractivity contribution in [1.29, 1.82) is 0 Å². The molecule has 0 bridgehead atoms. The minimum Gasteiger partial charge on any atom is -0.507 e. The first-order chi connectivity index (χ1) is 13.2. The van der Waals surface area contributed by atoms with Crippen LogP contribution in [0.5, 0.6) is 0 Å².